The number of hydrogen-bond donors (Lipinski definition) is 1. The molecule has 0 aliphatic rings. The number of methoxy groups -OCH3 is 1. The fraction of sp³-hybridized carbons (Fsp3) is 0.154. The van der Waals surface area contributed by atoms with Gasteiger partial charge in [0.2, 0.25) is 0 Å². The maximum atomic E-state index is 12.8. The molecule has 0 aromatic heterocycles. The predicted molar refractivity (Wildman–Crippen MR) is 140 cm³/mol. The van der Waals surface area contributed by atoms with Crippen molar-refractivity contribution < 1.29 is 14.3 Å². The SMILES string of the molecule is COc1cc(/C=C(/C#N)C(=O)Nc2c(C)cccc2C)cc(Br)c1OCc1c(Cl)cccc1Cl. The number of nitrogens with zero attached hydrogens (tertiary/aromatic N) is 1. The van der Waals surface area contributed by atoms with Crippen LogP contribution in [0.5, 0.6) is 11.5 Å². The van der Waals surface area contributed by atoms with Crippen molar-refractivity contribution >= 4 is 56.8 Å². The zero-order valence-corrected chi connectivity index (χ0v) is 21.8. The van der Waals surface area contributed by atoms with Gasteiger partial charge in [0, 0.05) is 21.3 Å². The van der Waals surface area contributed by atoms with Crippen LogP contribution in [-0.2, 0) is 11.4 Å². The van der Waals surface area contributed by atoms with Crippen molar-refractivity contribution in [2.24, 2.45) is 0 Å². The van der Waals surface area contributed by atoms with Crippen LogP contribution < -0.4 is 14.8 Å². The summed E-state index contributed by atoms with van der Waals surface area (Å²) in [5.41, 5.74) is 3.70. The number of hydrogen-bond acceptors (Lipinski definition) is 4. The van der Waals surface area contributed by atoms with Gasteiger partial charge >= 0.3 is 0 Å². The number of halogens is 3. The molecular formula is C26H21BrCl2N2O3. The Morgan fingerprint density at radius 3 is 2.32 bits per heavy atom. The van der Waals surface area contributed by atoms with Gasteiger partial charge in [-0.05, 0) is 76.8 Å². The van der Waals surface area contributed by atoms with Gasteiger partial charge in [-0.1, -0.05) is 47.5 Å². The van der Waals surface area contributed by atoms with Crippen LogP contribution in [0.3, 0.4) is 0 Å². The van der Waals surface area contributed by atoms with Crippen LogP contribution in [0.1, 0.15) is 22.3 Å². The molecule has 3 aromatic rings. The maximum Gasteiger partial charge on any atom is 0.266 e. The molecule has 3 aromatic carbocycles. The van der Waals surface area contributed by atoms with E-state index in [2.05, 4.69) is 21.2 Å². The highest BCUT2D eigenvalue weighted by Gasteiger charge is 2.16. The number of amides is 1. The van der Waals surface area contributed by atoms with E-state index in [1.165, 1.54) is 13.2 Å². The molecule has 5 nitrogen and oxygen atoms in total. The highest BCUT2D eigenvalue weighted by molar-refractivity contribution is 9.10. The molecule has 0 aliphatic heterocycles. The molecule has 1 amide bonds. The molecule has 0 radical (unpaired) electrons. The zero-order chi connectivity index (χ0) is 24.8. The topological polar surface area (TPSA) is 71.3 Å². The molecule has 0 bridgehead atoms. The minimum atomic E-state index is -0.497. The molecule has 0 unspecified atom stereocenters. The van der Waals surface area contributed by atoms with Gasteiger partial charge in [0.15, 0.2) is 11.5 Å². The standard InChI is InChI=1S/C26H21BrCl2N2O3/c1-15-6-4-7-16(2)24(15)31-26(32)18(13-30)10-17-11-20(27)25(23(12-17)33-3)34-14-19-21(28)8-5-9-22(19)29/h4-12H,14H2,1-3H3,(H,31,32)/b18-10-. The Labute approximate surface area is 217 Å². The van der Waals surface area contributed by atoms with Crippen molar-refractivity contribution in [1.29, 1.82) is 5.26 Å². The lowest BCUT2D eigenvalue weighted by Gasteiger charge is -2.15. The summed E-state index contributed by atoms with van der Waals surface area (Å²) in [5, 5.41) is 13.4. The van der Waals surface area contributed by atoms with Gasteiger partial charge < -0.3 is 14.8 Å². The first-order valence-electron chi connectivity index (χ1n) is 10.2. The van der Waals surface area contributed by atoms with Crippen molar-refractivity contribution in [2.75, 3.05) is 12.4 Å². The van der Waals surface area contributed by atoms with E-state index in [0.717, 1.165) is 11.1 Å². The maximum absolute atomic E-state index is 12.8. The number of nitriles is 1. The lowest BCUT2D eigenvalue weighted by Crippen LogP contribution is -2.15. The van der Waals surface area contributed by atoms with Crippen molar-refractivity contribution in [3.05, 3.63) is 90.9 Å². The number of anilines is 1. The molecule has 0 fully saturated rings. The van der Waals surface area contributed by atoms with E-state index in [9.17, 15) is 10.1 Å². The number of carbonyl (C=O) groups is 1. The van der Waals surface area contributed by atoms with Crippen molar-refractivity contribution in [2.45, 2.75) is 20.5 Å². The number of ether oxygens (including phenoxy) is 2. The Hall–Kier alpha value is -2.98. The number of benzene rings is 3. The first kappa shape index (κ1) is 25.6. The van der Waals surface area contributed by atoms with E-state index in [1.54, 1.807) is 30.3 Å². The Balaban J connectivity index is 1.87. The number of aryl methyl sites for hydroxylation is 2. The highest BCUT2D eigenvalue weighted by Crippen LogP contribution is 2.38. The van der Waals surface area contributed by atoms with Crippen molar-refractivity contribution in [3.8, 4) is 17.6 Å². The second kappa shape index (κ2) is 11.4. The Kier molecular flexibility index (Phi) is 8.62. The molecule has 8 heteroatoms. The molecule has 1 N–H and O–H groups in total. The summed E-state index contributed by atoms with van der Waals surface area (Å²) in [7, 11) is 1.50. The second-order valence-corrected chi connectivity index (χ2v) is 9.08. The lowest BCUT2D eigenvalue weighted by atomic mass is 10.1. The van der Waals surface area contributed by atoms with E-state index in [-0.39, 0.29) is 12.2 Å². The average molecular weight is 560 g/mol. The fourth-order valence-corrected chi connectivity index (χ4v) is 4.37. The Morgan fingerprint density at radius 2 is 1.74 bits per heavy atom. The summed E-state index contributed by atoms with van der Waals surface area (Å²) in [6.07, 6.45) is 1.49. The fourth-order valence-electron chi connectivity index (χ4n) is 3.29. The van der Waals surface area contributed by atoms with E-state index >= 15 is 0 Å². The highest BCUT2D eigenvalue weighted by atomic mass is 79.9. The van der Waals surface area contributed by atoms with Crippen LogP contribution in [0.4, 0.5) is 5.69 Å². The summed E-state index contributed by atoms with van der Waals surface area (Å²) in [6, 6.07) is 16.3. The van der Waals surface area contributed by atoms with Crippen LogP contribution in [0.25, 0.3) is 6.08 Å². The summed E-state index contributed by atoms with van der Waals surface area (Å²) in [6.45, 7) is 3.92. The van der Waals surface area contributed by atoms with Gasteiger partial charge in [0.05, 0.1) is 11.6 Å². The number of rotatable bonds is 7. The third kappa shape index (κ3) is 5.92. The first-order valence-corrected chi connectivity index (χ1v) is 11.7. The van der Waals surface area contributed by atoms with Gasteiger partial charge in [-0.25, -0.2) is 0 Å². The van der Waals surface area contributed by atoms with Crippen molar-refractivity contribution in [1.82, 2.24) is 0 Å². The van der Waals surface area contributed by atoms with E-state index in [1.807, 2.05) is 38.1 Å². The van der Waals surface area contributed by atoms with Crippen LogP contribution >= 0.6 is 39.1 Å². The third-order valence-corrected chi connectivity index (χ3v) is 6.37. The normalized spacial score (nSPS) is 11.0. The predicted octanol–water partition coefficient (Wildman–Crippen LogP) is 7.51. The first-order chi connectivity index (χ1) is 16.2. The monoisotopic (exact) mass is 558 g/mol. The van der Waals surface area contributed by atoms with Gasteiger partial charge in [0.1, 0.15) is 18.2 Å². The second-order valence-electron chi connectivity index (χ2n) is 7.41. The van der Waals surface area contributed by atoms with E-state index in [0.29, 0.717) is 42.8 Å². The number of carbonyl (C=O) groups excluding carboxylic acids is 1. The van der Waals surface area contributed by atoms with E-state index in [4.69, 9.17) is 32.7 Å². The number of nitrogens with one attached hydrogen (secondary N) is 1. The van der Waals surface area contributed by atoms with Crippen molar-refractivity contribution in [3.63, 3.8) is 0 Å². The smallest absolute Gasteiger partial charge is 0.266 e. The molecule has 174 valence electrons. The van der Waals surface area contributed by atoms with Crippen LogP contribution in [0.15, 0.2) is 58.6 Å². The summed E-state index contributed by atoms with van der Waals surface area (Å²) >= 11 is 15.9. The van der Waals surface area contributed by atoms with Crippen LogP contribution in [0, 0.1) is 25.2 Å². The van der Waals surface area contributed by atoms with Gasteiger partial charge in [0.25, 0.3) is 5.91 Å². The molecule has 0 saturated heterocycles. The molecule has 0 aliphatic carbocycles. The average Bonchev–Trinajstić information content (AvgIpc) is 2.80. The molecule has 3 rings (SSSR count). The molecule has 0 atom stereocenters. The Morgan fingerprint density at radius 1 is 1.12 bits per heavy atom. The summed E-state index contributed by atoms with van der Waals surface area (Å²) in [5.74, 6) is 0.356. The van der Waals surface area contributed by atoms with Crippen LogP contribution in [0.2, 0.25) is 10.0 Å². The van der Waals surface area contributed by atoms with Gasteiger partial charge in [-0.3, -0.25) is 4.79 Å². The van der Waals surface area contributed by atoms with Gasteiger partial charge in [-0.15, -0.1) is 0 Å². The summed E-state index contributed by atoms with van der Waals surface area (Å²) < 4.78 is 12.0. The molecule has 34 heavy (non-hydrogen) atoms. The largest absolute Gasteiger partial charge is 0.493 e. The quantitative estimate of drug-likeness (QED) is 0.240. The van der Waals surface area contributed by atoms with Crippen LogP contribution in [-0.4, -0.2) is 13.0 Å². The molecule has 0 spiro atoms. The Bertz CT molecular complexity index is 1280. The number of para-hydroxylation sites is 1. The minimum absolute atomic E-state index is 0.0480. The summed E-state index contributed by atoms with van der Waals surface area (Å²) in [4.78, 5) is 12.8. The molecular weight excluding hydrogens is 539 g/mol. The molecule has 0 saturated carbocycles. The van der Waals surface area contributed by atoms with Gasteiger partial charge in [-0.2, -0.15) is 5.26 Å². The lowest BCUT2D eigenvalue weighted by molar-refractivity contribution is -0.112. The third-order valence-electron chi connectivity index (χ3n) is 5.07. The molecule has 0 heterocycles. The van der Waals surface area contributed by atoms with E-state index < -0.39 is 5.91 Å². The zero-order valence-electron chi connectivity index (χ0n) is 18.7. The minimum Gasteiger partial charge on any atom is -0.493 e.